The quantitative estimate of drug-likeness (QED) is 0.0401. The zero-order chi connectivity index (χ0) is 86.9. The third-order valence-corrected chi connectivity index (χ3v) is 24.2. The van der Waals surface area contributed by atoms with Gasteiger partial charge in [0.15, 0.2) is 107 Å². The number of carbonyl (C=O) groups is 8. The van der Waals surface area contributed by atoms with Crippen molar-refractivity contribution in [2.24, 2.45) is 0 Å². The number of aliphatic carboxylic acids is 2. The Morgan fingerprint density at radius 3 is 1.19 bits per heavy atom. The molecule has 43 heteroatoms. The number of carboxylic acid groups (broad SMARTS) is 2. The summed E-state index contributed by atoms with van der Waals surface area (Å²) in [5, 5.41) is 36.3. The van der Waals surface area contributed by atoms with E-state index in [0.29, 0.717) is 79.6 Å². The molecule has 42 nitrogen and oxygen atoms in total. The Morgan fingerprint density at radius 1 is 0.405 bits per heavy atom. The molecule has 0 bridgehead atoms. The molecule has 2 saturated carbocycles. The molecule has 2 aliphatic carbocycles. The van der Waals surface area contributed by atoms with Crippen LogP contribution in [-0.4, -0.2) is 246 Å². The molecule has 10 fully saturated rings. The van der Waals surface area contributed by atoms with Gasteiger partial charge in [-0.3, -0.25) is 48.8 Å². The van der Waals surface area contributed by atoms with Crippen LogP contribution < -0.4 is 36.6 Å². The second kappa shape index (κ2) is 36.5. The Labute approximate surface area is 717 Å². The predicted molar refractivity (Wildman–Crippen MR) is 440 cm³/mol. The lowest BCUT2D eigenvalue weighted by atomic mass is 10.1. The van der Waals surface area contributed by atoms with E-state index in [2.05, 4.69) is 76.8 Å². The summed E-state index contributed by atoms with van der Waals surface area (Å²) in [6.45, 7) is 0.644. The van der Waals surface area contributed by atoms with E-state index in [1.807, 2.05) is 102 Å². The molecule has 9 N–H and O–H groups in total. The number of nitrogens with zero attached hydrogens (tertiary/aromatic N) is 14. The average molecular weight is 1750 g/mol. The van der Waals surface area contributed by atoms with Gasteiger partial charge in [0.25, 0.3) is 17.7 Å². The molecule has 4 aromatic carbocycles. The summed E-state index contributed by atoms with van der Waals surface area (Å²) in [5.41, 5.74) is 5.33. The fourth-order valence-corrected chi connectivity index (χ4v) is 18.3. The lowest BCUT2D eigenvalue weighted by Crippen LogP contribution is -2.49. The molecule has 0 radical (unpaired) electrons. The molecule has 6 aromatic heterocycles. The minimum absolute atomic E-state index is 0.131. The molecule has 14 heterocycles. The van der Waals surface area contributed by atoms with E-state index in [9.17, 15) is 57.0 Å². The van der Waals surface area contributed by atoms with Gasteiger partial charge in [0.2, 0.25) is 10.0 Å². The molecule has 10 aliphatic rings. The summed E-state index contributed by atoms with van der Waals surface area (Å²) in [6.07, 6.45) is 7.11. The molecule has 0 spiro atoms. The number of nitrogens with one attached hydrogen (secondary N) is 7. The average Bonchev–Trinajstić information content (AvgIpc) is 1.59. The van der Waals surface area contributed by atoms with Crippen LogP contribution in [0.5, 0.6) is 0 Å². The monoisotopic (exact) mass is 1750 g/mol. The highest BCUT2D eigenvalue weighted by Crippen LogP contribution is 2.48. The minimum Gasteiger partial charge on any atom is -0.480 e. The van der Waals surface area contributed by atoms with Crippen molar-refractivity contribution in [3.63, 3.8) is 0 Å². The zero-order valence-electron chi connectivity index (χ0n) is 67.6. The van der Waals surface area contributed by atoms with Crippen LogP contribution in [0.3, 0.4) is 0 Å². The van der Waals surface area contributed by atoms with Crippen LogP contribution in [0.1, 0.15) is 119 Å². The van der Waals surface area contributed by atoms with Crippen LogP contribution in [0, 0.1) is 0 Å². The van der Waals surface area contributed by atoms with Crippen LogP contribution in [-0.2, 0) is 89.5 Å². The lowest BCUT2D eigenvalue weighted by molar-refractivity contribution is -0.171. The molecular weight excluding hydrogens is 1660 g/mol. The Hall–Kier alpha value is -12.7. The molecule has 8 saturated heterocycles. The first kappa shape index (κ1) is 84.1. The first-order chi connectivity index (χ1) is 61.2. The van der Waals surface area contributed by atoms with Crippen LogP contribution in [0.2, 0.25) is 0 Å². The van der Waals surface area contributed by atoms with Crippen molar-refractivity contribution >= 4 is 114 Å². The number of carbonyl (C=O) groups excluding carboxylic acids is 6. The number of urea groups is 3. The van der Waals surface area contributed by atoms with Gasteiger partial charge in [0.1, 0.15) is 67.7 Å². The standard InChI is InChI=1S/C29H33N7O7.C28H31N7O7.C26H25N7O7S/c37-26(35-12-6-11-18(35)28(38)39)22-21-23(42-19(41-21)13-16-7-2-1-3-8-16)27(43-22)36-15-32-20-24(30-14-31-25(20)36)34-29(40)33-17-9-4-5-10-17;36-24(34-12-6-11-17(34)26(37)38)20-19-21(42-27(41-19)15-7-2-1-3-8-15)25(40-20)35-14-31-18-22(29-13-30-23(18)35)33-28(39)32-16-9-4-5-10-16;1-41(36,37)32-24(34)20-19-21(39-17(38-19)12-15-8-4-2-5-9-15)25(40-20)33-14-29-18-22(27-13-28-23(18)33)31-26(35)30-16-10-6-3-7-11-16/h1-3,7-8,14-15,17-19,21-23,27H,4-6,9-13H2,(H,38,39)(H2,30,31,33,34,40);1-3,7-8,13-14,16-17,19-21,25,27H,4-6,9-12H2,(H,37,38)(H2,29,30,32,33,39);2-11,13-14,17,19-21,25H,12H2,1H3,(H,32,34)(H2,27,28,30,31,35). The van der Waals surface area contributed by atoms with Crippen molar-refractivity contribution in [1.82, 2.24) is 83.7 Å². The topological polar surface area (TPSA) is 516 Å². The number of ether oxygens (including phenoxy) is 9. The number of likely N-dealkylation sites (tertiary alicyclic amines) is 2. The Morgan fingerprint density at radius 2 is 0.770 bits per heavy atom. The van der Waals surface area contributed by atoms with Gasteiger partial charge in [-0.25, -0.2) is 77.2 Å². The molecule has 17 unspecified atom stereocenters. The number of carboxylic acids is 2. The summed E-state index contributed by atoms with van der Waals surface area (Å²) < 4.78 is 86.5. The number of fused-ring (bicyclic) bond motifs is 6. The SMILES string of the molecule is CS(=O)(=O)NC(=O)C1OC(n2cnc3c(NC(=O)Nc4ccccc4)ncnc32)C2OC(Cc3ccccc3)OC12.O=C(Nc1ncnc2c1ncn2C1OC(C(=O)N2CCCC2C(=O)O)C2OC(Cc3ccccc3)OC21)NC1CCCC1.O=C(Nc1ncnc2c1ncn2C1OC(C(=O)N2CCCC2C(=O)O)C2OC(c3ccccc3)OC21)NC1CCCC1. The summed E-state index contributed by atoms with van der Waals surface area (Å²) in [5.74, 6) is -3.25. The van der Waals surface area contributed by atoms with Gasteiger partial charge in [-0.15, -0.1) is 0 Å². The number of anilines is 4. The van der Waals surface area contributed by atoms with Crippen LogP contribution in [0.25, 0.3) is 33.5 Å². The van der Waals surface area contributed by atoms with Gasteiger partial charge in [0, 0.05) is 49.3 Å². The number of amides is 9. The van der Waals surface area contributed by atoms with Crippen molar-refractivity contribution in [3.8, 4) is 0 Å². The van der Waals surface area contributed by atoms with E-state index in [-0.39, 0.29) is 52.8 Å². The Kier molecular flexibility index (Phi) is 24.3. The molecule has 9 amide bonds. The number of benzene rings is 4. The van der Waals surface area contributed by atoms with Gasteiger partial charge in [-0.05, 0) is 74.6 Å². The van der Waals surface area contributed by atoms with E-state index in [4.69, 9.17) is 42.6 Å². The van der Waals surface area contributed by atoms with E-state index in [0.717, 1.165) is 74.3 Å². The number of hydrogen-bond donors (Lipinski definition) is 9. The third kappa shape index (κ3) is 17.9. The number of rotatable bonds is 20. The molecule has 17 atom stereocenters. The largest absolute Gasteiger partial charge is 0.480 e. The van der Waals surface area contributed by atoms with E-state index in [1.165, 1.54) is 52.3 Å². The summed E-state index contributed by atoms with van der Waals surface area (Å²) >= 11 is 0. The number of imidazole rings is 3. The lowest BCUT2D eigenvalue weighted by Gasteiger charge is -2.27. The van der Waals surface area contributed by atoms with Crippen LogP contribution in [0.4, 0.5) is 37.5 Å². The minimum atomic E-state index is -3.86. The highest BCUT2D eigenvalue weighted by Gasteiger charge is 2.61. The van der Waals surface area contributed by atoms with Crippen molar-refractivity contribution < 1.29 is 99.6 Å². The second-order valence-electron chi connectivity index (χ2n) is 32.0. The van der Waals surface area contributed by atoms with Crippen molar-refractivity contribution in [2.45, 2.75) is 207 Å². The molecular formula is C83H89N21O21S. The van der Waals surface area contributed by atoms with Crippen molar-refractivity contribution in [2.75, 3.05) is 40.6 Å². The molecule has 126 heavy (non-hydrogen) atoms. The number of hydrogen-bond acceptors (Lipinski definition) is 28. The summed E-state index contributed by atoms with van der Waals surface area (Å²) in [7, 11) is -3.86. The van der Waals surface area contributed by atoms with Gasteiger partial charge in [-0.2, -0.15) is 0 Å². The number of aromatic nitrogens is 12. The smallest absolute Gasteiger partial charge is 0.326 e. The maximum absolute atomic E-state index is 13.8. The normalized spacial score (nSPS) is 27.3. The second-order valence-corrected chi connectivity index (χ2v) is 33.7. The third-order valence-electron chi connectivity index (χ3n) is 23.6. The Balaban J connectivity index is 0.000000128. The van der Waals surface area contributed by atoms with E-state index < -0.39 is 150 Å². The van der Waals surface area contributed by atoms with E-state index >= 15 is 0 Å². The van der Waals surface area contributed by atoms with Crippen LogP contribution >= 0.6 is 0 Å². The molecule has 8 aliphatic heterocycles. The summed E-state index contributed by atoms with van der Waals surface area (Å²) in [4.78, 5) is 144. The molecule has 658 valence electrons. The van der Waals surface area contributed by atoms with Gasteiger partial charge in [0.05, 0.1) is 25.2 Å². The van der Waals surface area contributed by atoms with Crippen molar-refractivity contribution in [3.05, 3.63) is 176 Å². The first-order valence-electron chi connectivity index (χ1n) is 41.6. The van der Waals surface area contributed by atoms with Crippen LogP contribution in [0.15, 0.2) is 159 Å². The van der Waals surface area contributed by atoms with Gasteiger partial charge < -0.3 is 78.6 Å². The predicted octanol–water partition coefficient (Wildman–Crippen LogP) is 6.36. The fourth-order valence-electron chi connectivity index (χ4n) is 17.9. The maximum atomic E-state index is 13.8. The Bertz CT molecular complexity index is 5800. The maximum Gasteiger partial charge on any atom is 0.326 e. The van der Waals surface area contributed by atoms with Gasteiger partial charge >= 0.3 is 30.0 Å². The summed E-state index contributed by atoms with van der Waals surface area (Å²) in [6, 6.07) is 34.7. The van der Waals surface area contributed by atoms with Gasteiger partial charge in [-0.1, -0.05) is 135 Å². The van der Waals surface area contributed by atoms with E-state index in [1.54, 1.807) is 33.4 Å². The fraction of sp³-hybridized carbons (Fsp3) is 0.434. The highest BCUT2D eigenvalue weighted by atomic mass is 32.2. The molecule has 10 aromatic rings. The zero-order valence-corrected chi connectivity index (χ0v) is 68.4. The first-order valence-corrected chi connectivity index (χ1v) is 43.5. The number of para-hydroxylation sites is 1. The number of sulfonamides is 1. The van der Waals surface area contributed by atoms with Crippen molar-refractivity contribution in [1.29, 1.82) is 0 Å². The highest BCUT2D eigenvalue weighted by molar-refractivity contribution is 7.89. The molecule has 20 rings (SSSR count).